The summed E-state index contributed by atoms with van der Waals surface area (Å²) in [5.74, 6) is 0.343. The molecule has 0 bridgehead atoms. The van der Waals surface area contributed by atoms with Crippen LogP contribution in [0, 0.1) is 17.1 Å². The fraction of sp³-hybridized carbons (Fsp3) is 0.529. The molecule has 1 aromatic carbocycles. The third-order valence-electron chi connectivity index (χ3n) is 3.99. The predicted molar refractivity (Wildman–Crippen MR) is 94.0 cm³/mol. The Morgan fingerprint density at radius 3 is 2.91 bits per heavy atom. The zero-order valence-corrected chi connectivity index (χ0v) is 14.4. The molecule has 1 saturated carbocycles. The Balaban J connectivity index is 2.00. The summed E-state index contributed by atoms with van der Waals surface area (Å²) in [5.41, 5.74) is 0.823. The molecule has 2 unspecified atom stereocenters. The molecule has 0 aromatic heterocycles. The lowest BCUT2D eigenvalue weighted by atomic mass is 10.1. The molecule has 2 rings (SSSR count). The monoisotopic (exact) mass is 334 g/mol. The molecule has 0 saturated heterocycles. The van der Waals surface area contributed by atoms with Gasteiger partial charge in [-0.3, -0.25) is 0 Å². The maximum Gasteiger partial charge on any atom is 0.191 e. The minimum absolute atomic E-state index is 0.256. The molecule has 1 aliphatic rings. The zero-order valence-electron chi connectivity index (χ0n) is 13.6. The van der Waals surface area contributed by atoms with Crippen LogP contribution in [-0.4, -0.2) is 30.1 Å². The number of guanidine groups is 1. The Kier molecular flexibility index (Phi) is 6.72. The number of thioether (sulfide) groups is 1. The summed E-state index contributed by atoms with van der Waals surface area (Å²) in [6.45, 7) is 3.03. The zero-order chi connectivity index (χ0) is 16.7. The Labute approximate surface area is 141 Å². The first kappa shape index (κ1) is 17.6. The number of rotatable bonds is 5. The summed E-state index contributed by atoms with van der Waals surface area (Å²) >= 11 is 1.92. The normalized spacial score (nSPS) is 21.0. The van der Waals surface area contributed by atoms with E-state index in [9.17, 15) is 4.39 Å². The van der Waals surface area contributed by atoms with Gasteiger partial charge in [0.25, 0.3) is 0 Å². The van der Waals surface area contributed by atoms with E-state index < -0.39 is 0 Å². The highest BCUT2D eigenvalue weighted by Gasteiger charge is 2.24. The van der Waals surface area contributed by atoms with Gasteiger partial charge in [0.2, 0.25) is 0 Å². The second kappa shape index (κ2) is 8.78. The van der Waals surface area contributed by atoms with Crippen molar-refractivity contribution >= 4 is 17.7 Å². The fourth-order valence-electron chi connectivity index (χ4n) is 2.71. The van der Waals surface area contributed by atoms with Crippen LogP contribution in [0.2, 0.25) is 0 Å². The number of nitrogens with one attached hydrogen (secondary N) is 2. The summed E-state index contributed by atoms with van der Waals surface area (Å²) in [5, 5.41) is 16.1. The summed E-state index contributed by atoms with van der Waals surface area (Å²) < 4.78 is 13.9. The Bertz CT molecular complexity index is 597. The maximum absolute atomic E-state index is 13.9. The van der Waals surface area contributed by atoms with Crippen LogP contribution in [0.15, 0.2) is 23.2 Å². The molecular weight excluding hydrogens is 311 g/mol. The quantitative estimate of drug-likeness (QED) is 0.642. The largest absolute Gasteiger partial charge is 0.357 e. The molecule has 0 heterocycles. The molecule has 0 aliphatic heterocycles. The number of halogens is 1. The highest BCUT2D eigenvalue weighted by molar-refractivity contribution is 7.99. The van der Waals surface area contributed by atoms with E-state index in [4.69, 9.17) is 5.26 Å². The Morgan fingerprint density at radius 1 is 1.48 bits per heavy atom. The number of nitrogens with zero attached hydrogens (tertiary/aromatic N) is 2. The van der Waals surface area contributed by atoms with Gasteiger partial charge in [-0.1, -0.05) is 6.07 Å². The molecule has 0 amide bonds. The van der Waals surface area contributed by atoms with E-state index in [2.05, 4.69) is 21.9 Å². The maximum atomic E-state index is 13.9. The number of hydrogen-bond donors (Lipinski definition) is 2. The van der Waals surface area contributed by atoms with Crippen molar-refractivity contribution in [3.8, 4) is 6.07 Å². The lowest BCUT2D eigenvalue weighted by Crippen LogP contribution is -2.42. The molecule has 4 nitrogen and oxygen atoms in total. The topological polar surface area (TPSA) is 60.2 Å². The summed E-state index contributed by atoms with van der Waals surface area (Å²) in [6, 6.07) is 6.86. The lowest BCUT2D eigenvalue weighted by Gasteiger charge is -2.17. The average Bonchev–Trinajstić information content (AvgIpc) is 3.01. The fourth-order valence-corrected chi connectivity index (χ4v) is 3.50. The van der Waals surface area contributed by atoms with Crippen molar-refractivity contribution < 1.29 is 4.39 Å². The van der Waals surface area contributed by atoms with Gasteiger partial charge in [-0.15, -0.1) is 0 Å². The van der Waals surface area contributed by atoms with Gasteiger partial charge in [-0.25, -0.2) is 9.38 Å². The number of hydrogen-bond acceptors (Lipinski definition) is 3. The summed E-state index contributed by atoms with van der Waals surface area (Å²) in [4.78, 5) is 4.48. The molecule has 0 spiro atoms. The van der Waals surface area contributed by atoms with E-state index in [1.54, 1.807) is 12.1 Å². The van der Waals surface area contributed by atoms with Gasteiger partial charge in [0.1, 0.15) is 5.82 Å². The van der Waals surface area contributed by atoms with E-state index in [1.165, 1.54) is 12.5 Å². The Hall–Kier alpha value is -1.74. The highest BCUT2D eigenvalue weighted by Crippen LogP contribution is 2.28. The van der Waals surface area contributed by atoms with Crippen LogP contribution in [0.3, 0.4) is 0 Å². The molecule has 23 heavy (non-hydrogen) atoms. The molecule has 2 atom stereocenters. The van der Waals surface area contributed by atoms with E-state index in [0.717, 1.165) is 25.3 Å². The summed E-state index contributed by atoms with van der Waals surface area (Å²) in [7, 11) is 0. The van der Waals surface area contributed by atoms with Crippen molar-refractivity contribution in [2.75, 3.05) is 12.8 Å². The van der Waals surface area contributed by atoms with Crippen molar-refractivity contribution in [3.05, 3.63) is 35.1 Å². The van der Waals surface area contributed by atoms with Crippen LogP contribution >= 0.6 is 11.8 Å². The smallest absolute Gasteiger partial charge is 0.191 e. The molecule has 1 fully saturated rings. The van der Waals surface area contributed by atoms with E-state index in [1.807, 2.05) is 24.8 Å². The van der Waals surface area contributed by atoms with Crippen molar-refractivity contribution in [1.29, 1.82) is 5.26 Å². The van der Waals surface area contributed by atoms with E-state index in [0.29, 0.717) is 22.4 Å². The third-order valence-corrected chi connectivity index (χ3v) is 5.09. The molecule has 0 radical (unpaired) electrons. The molecule has 2 N–H and O–H groups in total. The molecular formula is C17H23FN4S. The van der Waals surface area contributed by atoms with Crippen LogP contribution in [0.5, 0.6) is 0 Å². The SMILES string of the molecule is CCNC(=NCc1ccc(C#N)cc1F)NC1CCC(SC)C1. The second-order valence-corrected chi connectivity index (χ2v) is 6.76. The second-order valence-electron chi connectivity index (χ2n) is 5.63. The van der Waals surface area contributed by atoms with Crippen LogP contribution in [0.4, 0.5) is 4.39 Å². The van der Waals surface area contributed by atoms with Gasteiger partial charge in [0, 0.05) is 23.4 Å². The van der Waals surface area contributed by atoms with Crippen LogP contribution < -0.4 is 10.6 Å². The lowest BCUT2D eigenvalue weighted by molar-refractivity contribution is 0.603. The predicted octanol–water partition coefficient (Wildman–Crippen LogP) is 3.04. The van der Waals surface area contributed by atoms with E-state index in [-0.39, 0.29) is 12.4 Å². The average molecular weight is 334 g/mol. The molecule has 124 valence electrons. The Morgan fingerprint density at radius 2 is 2.30 bits per heavy atom. The van der Waals surface area contributed by atoms with Gasteiger partial charge in [0.05, 0.1) is 18.2 Å². The van der Waals surface area contributed by atoms with Crippen molar-refractivity contribution in [1.82, 2.24) is 10.6 Å². The van der Waals surface area contributed by atoms with Crippen LogP contribution in [0.25, 0.3) is 0 Å². The van der Waals surface area contributed by atoms with Gasteiger partial charge in [-0.2, -0.15) is 17.0 Å². The highest BCUT2D eigenvalue weighted by atomic mass is 32.2. The van der Waals surface area contributed by atoms with Crippen LogP contribution in [0.1, 0.15) is 37.3 Å². The van der Waals surface area contributed by atoms with Gasteiger partial charge in [0.15, 0.2) is 5.96 Å². The molecule has 1 aromatic rings. The number of nitriles is 1. The third kappa shape index (κ3) is 5.14. The van der Waals surface area contributed by atoms with Crippen molar-refractivity contribution in [3.63, 3.8) is 0 Å². The molecule has 1 aliphatic carbocycles. The number of benzene rings is 1. The standard InChI is InChI=1S/C17H23FN4S/c1-3-20-17(22-14-6-7-15(9-14)23-2)21-11-13-5-4-12(10-19)8-16(13)18/h4-5,8,14-15H,3,6-7,9,11H2,1-2H3,(H2,20,21,22). The first-order valence-electron chi connectivity index (χ1n) is 7.92. The minimum Gasteiger partial charge on any atom is -0.357 e. The van der Waals surface area contributed by atoms with E-state index >= 15 is 0 Å². The van der Waals surface area contributed by atoms with Gasteiger partial charge in [-0.05, 0) is 44.6 Å². The first-order valence-corrected chi connectivity index (χ1v) is 9.21. The van der Waals surface area contributed by atoms with Crippen molar-refractivity contribution in [2.24, 2.45) is 4.99 Å². The number of aliphatic imine (C=N–C) groups is 1. The van der Waals surface area contributed by atoms with Gasteiger partial charge < -0.3 is 10.6 Å². The minimum atomic E-state index is -0.382. The summed E-state index contributed by atoms with van der Waals surface area (Å²) in [6.07, 6.45) is 5.65. The van der Waals surface area contributed by atoms with Crippen molar-refractivity contribution in [2.45, 2.75) is 44.0 Å². The molecule has 6 heteroatoms. The van der Waals surface area contributed by atoms with Crippen LogP contribution in [-0.2, 0) is 6.54 Å². The van der Waals surface area contributed by atoms with Gasteiger partial charge >= 0.3 is 0 Å². The first-order chi connectivity index (χ1) is 11.2.